The summed E-state index contributed by atoms with van der Waals surface area (Å²) in [6.07, 6.45) is 0. The highest BCUT2D eigenvalue weighted by Gasteiger charge is 2.13. The van der Waals surface area contributed by atoms with Crippen LogP contribution in [0.3, 0.4) is 0 Å². The number of aromatic nitrogens is 3. The van der Waals surface area contributed by atoms with Crippen molar-refractivity contribution in [1.82, 2.24) is 14.3 Å². The van der Waals surface area contributed by atoms with Gasteiger partial charge in [-0.2, -0.15) is 0 Å². The van der Waals surface area contributed by atoms with Gasteiger partial charge in [0.25, 0.3) is 0 Å². The second-order valence-electron chi connectivity index (χ2n) is 3.79. The zero-order valence-electron chi connectivity index (χ0n) is 10.2. The topological polar surface area (TPSA) is 39.8 Å². The molecule has 0 unspecified atom stereocenters. The van der Waals surface area contributed by atoms with E-state index >= 15 is 0 Å². The van der Waals surface area contributed by atoms with E-state index in [1.54, 1.807) is 16.7 Å². The molecule has 0 N–H and O–H groups in total. The lowest BCUT2D eigenvalue weighted by Gasteiger charge is -2.01. The number of nitrogens with zero attached hydrogens (tertiary/aromatic N) is 3. The van der Waals surface area contributed by atoms with Crippen molar-refractivity contribution in [3.05, 3.63) is 40.6 Å². The van der Waals surface area contributed by atoms with Crippen molar-refractivity contribution in [3.63, 3.8) is 0 Å². The van der Waals surface area contributed by atoms with Crippen LogP contribution in [-0.2, 0) is 13.1 Å². The lowest BCUT2D eigenvalue weighted by atomic mass is 10.2. The highest BCUT2D eigenvalue weighted by molar-refractivity contribution is 14.1. The largest absolute Gasteiger partial charge is 0.347 e. The Morgan fingerprint density at radius 2 is 2.05 bits per heavy atom. The molecule has 19 heavy (non-hydrogen) atoms. The van der Waals surface area contributed by atoms with Gasteiger partial charge in [0.15, 0.2) is 5.82 Å². The van der Waals surface area contributed by atoms with Crippen LogP contribution in [-0.4, -0.2) is 14.3 Å². The Labute approximate surface area is 123 Å². The minimum Gasteiger partial charge on any atom is -0.275 e. The third kappa shape index (κ3) is 2.87. The molecule has 1 aromatic carbocycles. The van der Waals surface area contributed by atoms with E-state index in [-0.39, 0.29) is 18.1 Å². The van der Waals surface area contributed by atoms with Crippen molar-refractivity contribution in [2.45, 2.75) is 20.0 Å². The first-order valence-corrected chi connectivity index (χ1v) is 6.77. The third-order valence-electron chi connectivity index (χ3n) is 2.64. The van der Waals surface area contributed by atoms with Crippen molar-refractivity contribution >= 4 is 22.6 Å². The lowest BCUT2D eigenvalue weighted by Crippen LogP contribution is -2.24. The first kappa shape index (κ1) is 13.8. The zero-order chi connectivity index (χ0) is 13.8. The normalized spacial score (nSPS) is 10.1. The Morgan fingerprint density at radius 1 is 1.37 bits per heavy atom. The van der Waals surface area contributed by atoms with E-state index in [2.05, 4.69) is 14.9 Å². The molecule has 4 nitrogen and oxygen atoms in total. The summed E-state index contributed by atoms with van der Waals surface area (Å²) in [4.78, 5) is 12.1. The van der Waals surface area contributed by atoms with E-state index in [0.717, 1.165) is 0 Å². The Kier molecular flexibility index (Phi) is 4.37. The quantitative estimate of drug-likeness (QED) is 0.614. The fraction of sp³-hybridized carbons (Fsp3) is 0.231. The van der Waals surface area contributed by atoms with Gasteiger partial charge in [-0.15, -0.1) is 5.10 Å². The van der Waals surface area contributed by atoms with Gasteiger partial charge in [0.1, 0.15) is 12.4 Å². The standard InChI is InChI=1S/C13H11FIN3O/c1-2-17-12(10-4-6-11(14)7-5-10)16-18(13(17)19)9-3-8-15/h4-7H,2,9H2,1H3. The third-order valence-corrected chi connectivity index (χ3v) is 3.02. The van der Waals surface area contributed by atoms with Gasteiger partial charge in [0.05, 0.1) is 0 Å². The van der Waals surface area contributed by atoms with Crippen LogP contribution in [0.5, 0.6) is 0 Å². The fourth-order valence-electron chi connectivity index (χ4n) is 1.75. The van der Waals surface area contributed by atoms with Crippen LogP contribution in [0.1, 0.15) is 6.92 Å². The fourth-order valence-corrected chi connectivity index (χ4v) is 1.92. The predicted molar refractivity (Wildman–Crippen MR) is 79.4 cm³/mol. The minimum absolute atomic E-state index is 0.207. The van der Waals surface area contributed by atoms with Gasteiger partial charge in [0, 0.05) is 34.7 Å². The predicted octanol–water partition coefficient (Wildman–Crippen LogP) is 2.27. The number of benzene rings is 1. The molecule has 0 fully saturated rings. The van der Waals surface area contributed by atoms with Gasteiger partial charge < -0.3 is 0 Å². The summed E-state index contributed by atoms with van der Waals surface area (Å²) in [5.41, 5.74) is 0.502. The molecule has 0 spiro atoms. The molecule has 0 saturated carbocycles. The van der Waals surface area contributed by atoms with Crippen LogP contribution in [0, 0.1) is 15.7 Å². The molecule has 0 aliphatic rings. The second kappa shape index (κ2) is 6.02. The maximum Gasteiger partial charge on any atom is 0.347 e. The monoisotopic (exact) mass is 371 g/mol. The summed E-state index contributed by atoms with van der Waals surface area (Å²) in [6, 6.07) is 5.92. The van der Waals surface area contributed by atoms with Gasteiger partial charge in [-0.3, -0.25) is 4.57 Å². The van der Waals surface area contributed by atoms with Gasteiger partial charge >= 0.3 is 5.69 Å². The lowest BCUT2D eigenvalue weighted by molar-refractivity contribution is 0.628. The first-order chi connectivity index (χ1) is 9.17. The smallest absolute Gasteiger partial charge is 0.275 e. The molecule has 2 aromatic rings. The van der Waals surface area contributed by atoms with Crippen molar-refractivity contribution in [1.29, 1.82) is 0 Å². The van der Waals surface area contributed by atoms with E-state index in [1.807, 2.05) is 29.5 Å². The molecule has 0 amide bonds. The van der Waals surface area contributed by atoms with E-state index in [9.17, 15) is 9.18 Å². The Balaban J connectivity index is 2.52. The Hall–Kier alpha value is -1.62. The summed E-state index contributed by atoms with van der Waals surface area (Å²) < 4.78 is 18.5. The van der Waals surface area contributed by atoms with Gasteiger partial charge in [0.2, 0.25) is 0 Å². The molecule has 0 aliphatic heterocycles. The molecule has 0 aliphatic carbocycles. The molecule has 1 heterocycles. The second-order valence-corrected chi connectivity index (χ2v) is 4.33. The van der Waals surface area contributed by atoms with E-state index in [1.165, 1.54) is 16.8 Å². The van der Waals surface area contributed by atoms with Crippen LogP contribution in [0.4, 0.5) is 4.39 Å². The average Bonchev–Trinajstić information content (AvgIpc) is 2.73. The van der Waals surface area contributed by atoms with Crippen molar-refractivity contribution in [3.8, 4) is 21.2 Å². The first-order valence-electron chi connectivity index (χ1n) is 5.69. The van der Waals surface area contributed by atoms with Crippen LogP contribution >= 0.6 is 22.6 Å². The molecular formula is C13H11FIN3O. The Bertz CT molecular complexity index is 691. The summed E-state index contributed by atoms with van der Waals surface area (Å²) in [5.74, 6) is 3.01. The molecular weight excluding hydrogens is 360 g/mol. The van der Waals surface area contributed by atoms with Crippen molar-refractivity contribution in [2.24, 2.45) is 0 Å². The maximum atomic E-state index is 12.9. The molecule has 0 atom stereocenters. The highest BCUT2D eigenvalue weighted by Crippen LogP contribution is 2.16. The molecule has 1 aromatic heterocycles. The zero-order valence-corrected chi connectivity index (χ0v) is 12.4. The van der Waals surface area contributed by atoms with Crippen LogP contribution in [0.25, 0.3) is 11.4 Å². The van der Waals surface area contributed by atoms with Crippen molar-refractivity contribution < 1.29 is 4.39 Å². The molecule has 6 heteroatoms. The number of halogens is 2. The number of hydrogen-bond donors (Lipinski definition) is 0. The SMILES string of the molecule is CCn1c(-c2ccc(F)cc2)nn(CC#CI)c1=O. The molecule has 0 saturated heterocycles. The maximum absolute atomic E-state index is 12.9. The summed E-state index contributed by atoms with van der Waals surface area (Å²) in [5, 5.41) is 4.26. The summed E-state index contributed by atoms with van der Waals surface area (Å²) in [6.45, 7) is 2.62. The molecule has 98 valence electrons. The van der Waals surface area contributed by atoms with E-state index in [0.29, 0.717) is 17.9 Å². The number of rotatable bonds is 3. The van der Waals surface area contributed by atoms with Crippen molar-refractivity contribution in [2.75, 3.05) is 0 Å². The number of hydrogen-bond acceptors (Lipinski definition) is 2. The van der Waals surface area contributed by atoms with Gasteiger partial charge in [-0.1, -0.05) is 5.92 Å². The van der Waals surface area contributed by atoms with Crippen LogP contribution in [0.2, 0.25) is 0 Å². The van der Waals surface area contributed by atoms with Gasteiger partial charge in [-0.05, 0) is 35.1 Å². The van der Waals surface area contributed by atoms with E-state index < -0.39 is 0 Å². The average molecular weight is 371 g/mol. The van der Waals surface area contributed by atoms with Crippen LogP contribution in [0.15, 0.2) is 29.1 Å². The van der Waals surface area contributed by atoms with E-state index in [4.69, 9.17) is 0 Å². The van der Waals surface area contributed by atoms with Crippen LogP contribution < -0.4 is 5.69 Å². The Morgan fingerprint density at radius 3 is 2.63 bits per heavy atom. The molecule has 0 radical (unpaired) electrons. The summed E-state index contributed by atoms with van der Waals surface area (Å²) in [7, 11) is 0. The summed E-state index contributed by atoms with van der Waals surface area (Å²) >= 11 is 1.91. The molecule has 2 rings (SSSR count). The van der Waals surface area contributed by atoms with Gasteiger partial charge in [-0.25, -0.2) is 13.9 Å². The highest BCUT2D eigenvalue weighted by atomic mass is 127. The molecule has 0 bridgehead atoms. The minimum atomic E-state index is -0.315.